The van der Waals surface area contributed by atoms with Gasteiger partial charge in [-0.3, -0.25) is 4.79 Å². The predicted molar refractivity (Wildman–Crippen MR) is 170 cm³/mol. The molecule has 0 aromatic heterocycles. The molecule has 0 aromatic carbocycles. The van der Waals surface area contributed by atoms with Gasteiger partial charge >= 0.3 is 24.1 Å². The first-order valence-corrected chi connectivity index (χ1v) is 15.2. The van der Waals surface area contributed by atoms with Crippen molar-refractivity contribution in [3.63, 3.8) is 0 Å². The summed E-state index contributed by atoms with van der Waals surface area (Å²) in [7, 11) is 0. The van der Waals surface area contributed by atoms with Gasteiger partial charge in [0.2, 0.25) is 0 Å². The molecule has 1 unspecified atom stereocenters. The second kappa shape index (κ2) is 23.8. The highest BCUT2D eigenvalue weighted by Gasteiger charge is 2.38. The molecular weight excluding hydrogens is 568 g/mol. The Kier molecular flexibility index (Phi) is 23.0. The van der Waals surface area contributed by atoms with Gasteiger partial charge in [-0.1, -0.05) is 45.4 Å². The number of unbranched alkanes of at least 4 members (excludes halogenated alkanes) is 4. The number of allylic oxidation sites excluding steroid dienone is 2. The summed E-state index contributed by atoms with van der Waals surface area (Å²) >= 11 is 0. The van der Waals surface area contributed by atoms with Crippen molar-refractivity contribution < 1.29 is 42.9 Å². The topological polar surface area (TPSA) is 174 Å². The van der Waals surface area contributed by atoms with Crippen LogP contribution in [0.2, 0.25) is 0 Å². The van der Waals surface area contributed by atoms with Gasteiger partial charge < -0.3 is 30.4 Å². The number of carbonyl (C=O) groups is 5. The molecule has 1 aliphatic carbocycles. The summed E-state index contributed by atoms with van der Waals surface area (Å²) in [6.45, 7) is 21.9. The van der Waals surface area contributed by atoms with E-state index in [4.69, 9.17) is 9.47 Å². The quantitative estimate of drug-likeness (QED) is 0.0842. The Bertz CT molecular complexity index is 983. The van der Waals surface area contributed by atoms with Crippen molar-refractivity contribution in [3.8, 4) is 0 Å². The smallest absolute Gasteiger partial charge is 0.404 e. The number of primary amides is 2. The number of hydrogen-bond acceptors (Lipinski definition) is 9. The lowest BCUT2D eigenvalue weighted by Crippen LogP contribution is -2.34. The maximum atomic E-state index is 12.8. The summed E-state index contributed by atoms with van der Waals surface area (Å²) in [5.41, 5.74) is 12.1. The zero-order valence-electron chi connectivity index (χ0n) is 28.0. The van der Waals surface area contributed by atoms with E-state index in [1.54, 1.807) is 27.7 Å². The van der Waals surface area contributed by atoms with Crippen molar-refractivity contribution in [1.29, 1.82) is 0 Å². The van der Waals surface area contributed by atoms with Gasteiger partial charge in [0.1, 0.15) is 0 Å². The van der Waals surface area contributed by atoms with E-state index < -0.39 is 12.2 Å². The molecule has 1 aliphatic rings. The highest BCUT2D eigenvalue weighted by molar-refractivity contribution is 5.97. The first kappa shape index (κ1) is 42.5. The Morgan fingerprint density at radius 2 is 1.20 bits per heavy atom. The minimum atomic E-state index is -0.711. The SMILES string of the molecule is C=C(C)C(=O)OCCCCCC1=C(C)C(CCCCCOC(=O)C(=C)C)C(C)(C)CC1=O.CCOC(N)=O.CCOC(N)=O. The van der Waals surface area contributed by atoms with Gasteiger partial charge in [0.05, 0.1) is 26.4 Å². The molecule has 0 saturated carbocycles. The fourth-order valence-electron chi connectivity index (χ4n) is 4.67. The van der Waals surface area contributed by atoms with Gasteiger partial charge in [0.15, 0.2) is 5.78 Å². The number of carbonyl (C=O) groups excluding carboxylic acids is 5. The molecule has 44 heavy (non-hydrogen) atoms. The molecule has 0 saturated heterocycles. The molecular formula is C33H56N2O9. The van der Waals surface area contributed by atoms with Gasteiger partial charge in [-0.25, -0.2) is 19.2 Å². The van der Waals surface area contributed by atoms with Crippen LogP contribution in [0, 0.1) is 11.3 Å². The average Bonchev–Trinajstić information content (AvgIpc) is 2.90. The van der Waals surface area contributed by atoms with Crippen LogP contribution in [-0.2, 0) is 33.3 Å². The monoisotopic (exact) mass is 624 g/mol. The molecule has 252 valence electrons. The number of esters is 2. The van der Waals surface area contributed by atoms with Crippen LogP contribution in [0.15, 0.2) is 35.5 Å². The van der Waals surface area contributed by atoms with Gasteiger partial charge in [0.25, 0.3) is 0 Å². The van der Waals surface area contributed by atoms with Crippen LogP contribution >= 0.6 is 0 Å². The van der Waals surface area contributed by atoms with Gasteiger partial charge in [0, 0.05) is 17.6 Å². The van der Waals surface area contributed by atoms with Crippen LogP contribution in [0.5, 0.6) is 0 Å². The summed E-state index contributed by atoms with van der Waals surface area (Å²) in [6.07, 6.45) is 6.53. The van der Waals surface area contributed by atoms with Gasteiger partial charge in [-0.2, -0.15) is 0 Å². The summed E-state index contributed by atoms with van der Waals surface area (Å²) in [5.74, 6) is 0.00764. The molecule has 0 spiro atoms. The molecule has 11 heteroatoms. The molecule has 0 fully saturated rings. The summed E-state index contributed by atoms with van der Waals surface area (Å²) in [4.78, 5) is 54.8. The van der Waals surface area contributed by atoms with Crippen molar-refractivity contribution in [2.45, 2.75) is 106 Å². The van der Waals surface area contributed by atoms with Crippen molar-refractivity contribution >= 4 is 29.9 Å². The van der Waals surface area contributed by atoms with E-state index >= 15 is 0 Å². The number of rotatable bonds is 16. The van der Waals surface area contributed by atoms with Gasteiger partial charge in [-0.15, -0.1) is 0 Å². The molecule has 2 amide bonds. The molecule has 0 bridgehead atoms. The number of Topliss-reactive ketones (excluding diaryl/α,β-unsaturated/α-hetero) is 1. The molecule has 4 N–H and O–H groups in total. The molecule has 1 rings (SSSR count). The maximum absolute atomic E-state index is 12.8. The summed E-state index contributed by atoms with van der Waals surface area (Å²) in [6, 6.07) is 0. The Morgan fingerprint density at radius 1 is 0.773 bits per heavy atom. The number of ketones is 1. The van der Waals surface area contributed by atoms with E-state index in [1.165, 1.54) is 5.57 Å². The zero-order valence-corrected chi connectivity index (χ0v) is 28.0. The third-order valence-corrected chi connectivity index (χ3v) is 6.84. The average molecular weight is 625 g/mol. The minimum absolute atomic E-state index is 0.0339. The number of hydrogen-bond donors (Lipinski definition) is 2. The molecule has 0 heterocycles. The zero-order chi connectivity index (χ0) is 34.3. The third kappa shape index (κ3) is 20.3. The van der Waals surface area contributed by atoms with Crippen molar-refractivity contribution in [1.82, 2.24) is 0 Å². The second-order valence-corrected chi connectivity index (χ2v) is 11.3. The molecule has 0 aliphatic heterocycles. The van der Waals surface area contributed by atoms with Crippen LogP contribution in [-0.4, -0.2) is 56.3 Å². The van der Waals surface area contributed by atoms with Crippen LogP contribution in [0.25, 0.3) is 0 Å². The van der Waals surface area contributed by atoms with Crippen LogP contribution in [0.3, 0.4) is 0 Å². The van der Waals surface area contributed by atoms with Crippen molar-refractivity contribution in [2.75, 3.05) is 26.4 Å². The van der Waals surface area contributed by atoms with E-state index in [2.05, 4.69) is 54.9 Å². The normalized spacial score (nSPS) is 15.0. The van der Waals surface area contributed by atoms with E-state index in [-0.39, 0.29) is 23.1 Å². The van der Waals surface area contributed by atoms with Crippen LogP contribution < -0.4 is 11.5 Å². The Balaban J connectivity index is 0. The molecule has 0 aromatic rings. The van der Waals surface area contributed by atoms with Crippen LogP contribution in [0.1, 0.15) is 106 Å². The Labute approximate surface area is 263 Å². The number of nitrogens with two attached hydrogens (primary N) is 2. The lowest BCUT2D eigenvalue weighted by molar-refractivity contribution is -0.139. The third-order valence-electron chi connectivity index (χ3n) is 6.84. The van der Waals surface area contributed by atoms with Gasteiger partial charge in [-0.05, 0) is 90.0 Å². The largest absolute Gasteiger partial charge is 0.462 e. The highest BCUT2D eigenvalue weighted by atomic mass is 16.6. The Morgan fingerprint density at radius 3 is 1.57 bits per heavy atom. The minimum Gasteiger partial charge on any atom is -0.462 e. The van der Waals surface area contributed by atoms with E-state index in [9.17, 15) is 24.0 Å². The van der Waals surface area contributed by atoms with E-state index in [0.717, 1.165) is 56.9 Å². The summed E-state index contributed by atoms with van der Waals surface area (Å²) in [5, 5.41) is 0. The standard InChI is InChI=1S/C27H42O5.2C3H7NO2/c1-19(2)25(29)31-16-12-8-10-14-22-21(5)23(27(6,7)18-24(22)28)15-11-9-13-17-32-26(30)20(3)4;2*1-2-6-3(4)5/h23H,1,3,8-18H2,2,4-7H3;2*2H2,1H3,(H2,4,5). The second-order valence-electron chi connectivity index (χ2n) is 11.3. The highest BCUT2D eigenvalue weighted by Crippen LogP contribution is 2.45. The predicted octanol–water partition coefficient (Wildman–Crippen LogP) is 6.48. The summed E-state index contributed by atoms with van der Waals surface area (Å²) < 4.78 is 18.7. The number of ether oxygens (including phenoxy) is 4. The number of amides is 2. The van der Waals surface area contributed by atoms with E-state index in [1.807, 2.05) is 0 Å². The molecule has 11 nitrogen and oxygen atoms in total. The first-order valence-electron chi connectivity index (χ1n) is 15.2. The van der Waals surface area contributed by atoms with Crippen molar-refractivity contribution in [2.24, 2.45) is 22.8 Å². The van der Waals surface area contributed by atoms with Crippen LogP contribution in [0.4, 0.5) is 9.59 Å². The fourth-order valence-corrected chi connectivity index (χ4v) is 4.67. The maximum Gasteiger partial charge on any atom is 0.404 e. The fraction of sp³-hybridized carbons (Fsp3) is 0.667. The molecule has 0 radical (unpaired) electrons. The first-order chi connectivity index (χ1) is 20.5. The Hall–Kier alpha value is -3.63. The lowest BCUT2D eigenvalue weighted by Gasteiger charge is -2.40. The van der Waals surface area contributed by atoms with Crippen molar-refractivity contribution in [3.05, 3.63) is 35.5 Å². The van der Waals surface area contributed by atoms with E-state index in [0.29, 0.717) is 49.9 Å². The lowest BCUT2D eigenvalue weighted by atomic mass is 9.64. The molecule has 1 atom stereocenters.